The molecule has 0 fully saturated rings. The minimum absolute atomic E-state index is 0.500. The van der Waals surface area contributed by atoms with Gasteiger partial charge in [0.15, 0.2) is 0 Å². The van der Waals surface area contributed by atoms with Crippen molar-refractivity contribution in [3.63, 3.8) is 0 Å². The van der Waals surface area contributed by atoms with Crippen LogP contribution in [-0.2, 0) is 6.54 Å². The van der Waals surface area contributed by atoms with Crippen molar-refractivity contribution in [1.82, 2.24) is 20.1 Å². The lowest BCUT2D eigenvalue weighted by atomic mass is 10.1. The van der Waals surface area contributed by atoms with Crippen LogP contribution >= 0.6 is 0 Å². The molecule has 1 atom stereocenters. The molecule has 1 aromatic rings. The van der Waals surface area contributed by atoms with Gasteiger partial charge in [-0.15, -0.1) is 0 Å². The van der Waals surface area contributed by atoms with Gasteiger partial charge in [-0.05, 0) is 14.0 Å². The van der Waals surface area contributed by atoms with E-state index < -0.39 is 5.54 Å². The summed E-state index contributed by atoms with van der Waals surface area (Å²) in [7, 11) is 1.75. The lowest BCUT2D eigenvalue weighted by Crippen LogP contribution is -2.42. The molecule has 0 aliphatic rings. The zero-order valence-corrected chi connectivity index (χ0v) is 7.15. The fraction of sp³-hybridized carbons (Fsp3) is 0.571. The third kappa shape index (κ3) is 1.80. The second-order valence-electron chi connectivity index (χ2n) is 2.79. The van der Waals surface area contributed by atoms with Gasteiger partial charge in [-0.1, -0.05) is 0 Å². The van der Waals surface area contributed by atoms with Crippen molar-refractivity contribution < 1.29 is 0 Å². The summed E-state index contributed by atoms with van der Waals surface area (Å²) >= 11 is 0. The molecule has 64 valence electrons. The number of aromatic nitrogens is 3. The third-order valence-corrected chi connectivity index (χ3v) is 1.74. The first-order valence-electron chi connectivity index (χ1n) is 3.63. The average molecular weight is 165 g/mol. The Morgan fingerprint density at radius 1 is 1.75 bits per heavy atom. The normalized spacial score (nSPS) is 15.1. The van der Waals surface area contributed by atoms with Crippen molar-refractivity contribution in [2.45, 2.75) is 19.0 Å². The van der Waals surface area contributed by atoms with E-state index in [1.54, 1.807) is 18.1 Å². The van der Waals surface area contributed by atoms with Crippen LogP contribution < -0.4 is 5.32 Å². The summed E-state index contributed by atoms with van der Waals surface area (Å²) in [6.07, 6.45) is 3.04. The highest BCUT2D eigenvalue weighted by molar-refractivity contribution is 5.02. The molecule has 1 N–H and O–H groups in total. The van der Waals surface area contributed by atoms with Crippen LogP contribution in [0.25, 0.3) is 0 Å². The third-order valence-electron chi connectivity index (χ3n) is 1.74. The van der Waals surface area contributed by atoms with Crippen LogP contribution in [0, 0.1) is 11.3 Å². The van der Waals surface area contributed by atoms with Crippen molar-refractivity contribution in [1.29, 1.82) is 5.26 Å². The molecular weight excluding hydrogens is 154 g/mol. The van der Waals surface area contributed by atoms with Gasteiger partial charge in [0, 0.05) is 0 Å². The molecule has 1 heterocycles. The molecule has 5 heteroatoms. The Morgan fingerprint density at radius 2 is 2.50 bits per heavy atom. The first-order chi connectivity index (χ1) is 5.70. The van der Waals surface area contributed by atoms with E-state index in [0.717, 1.165) is 0 Å². The Balaban J connectivity index is 2.68. The molecule has 12 heavy (non-hydrogen) atoms. The molecule has 0 radical (unpaired) electrons. The monoisotopic (exact) mass is 165 g/mol. The largest absolute Gasteiger partial charge is 0.301 e. The highest BCUT2D eigenvalue weighted by Crippen LogP contribution is 2.03. The summed E-state index contributed by atoms with van der Waals surface area (Å²) in [6.45, 7) is 2.31. The molecule has 0 bridgehead atoms. The van der Waals surface area contributed by atoms with Crippen molar-refractivity contribution in [2.75, 3.05) is 7.05 Å². The molecule has 0 saturated carbocycles. The molecule has 1 rings (SSSR count). The van der Waals surface area contributed by atoms with Crippen molar-refractivity contribution in [2.24, 2.45) is 0 Å². The lowest BCUT2D eigenvalue weighted by molar-refractivity contribution is 0.396. The highest BCUT2D eigenvalue weighted by atomic mass is 15.3. The molecule has 5 nitrogen and oxygen atoms in total. The van der Waals surface area contributed by atoms with Gasteiger partial charge < -0.3 is 5.32 Å². The first-order valence-corrected chi connectivity index (χ1v) is 3.63. The number of nitriles is 1. The van der Waals surface area contributed by atoms with Gasteiger partial charge in [0.25, 0.3) is 0 Å². The summed E-state index contributed by atoms with van der Waals surface area (Å²) in [5, 5.41) is 15.6. The number of hydrogen-bond donors (Lipinski definition) is 1. The second kappa shape index (κ2) is 3.32. The Labute approximate surface area is 71.0 Å². The number of nitrogens with one attached hydrogen (secondary N) is 1. The van der Waals surface area contributed by atoms with E-state index in [1.165, 1.54) is 6.33 Å². The highest BCUT2D eigenvalue weighted by Gasteiger charge is 2.21. The predicted molar refractivity (Wildman–Crippen MR) is 43.1 cm³/mol. The number of hydrogen-bond acceptors (Lipinski definition) is 4. The fourth-order valence-electron chi connectivity index (χ4n) is 0.809. The summed E-state index contributed by atoms with van der Waals surface area (Å²) in [6, 6.07) is 2.17. The molecule has 0 saturated heterocycles. The van der Waals surface area contributed by atoms with E-state index in [0.29, 0.717) is 6.54 Å². The molecule has 0 aromatic carbocycles. The molecule has 1 aromatic heterocycles. The topological polar surface area (TPSA) is 66.5 Å². The quantitative estimate of drug-likeness (QED) is 0.672. The van der Waals surface area contributed by atoms with Crippen molar-refractivity contribution >= 4 is 0 Å². The maximum absolute atomic E-state index is 8.81. The molecule has 0 aliphatic carbocycles. The Morgan fingerprint density at radius 3 is 2.92 bits per heavy atom. The van der Waals surface area contributed by atoms with Gasteiger partial charge >= 0.3 is 0 Å². The zero-order valence-electron chi connectivity index (χ0n) is 7.15. The van der Waals surface area contributed by atoms with Crippen LogP contribution in [0.5, 0.6) is 0 Å². The van der Waals surface area contributed by atoms with Crippen LogP contribution in [0.2, 0.25) is 0 Å². The van der Waals surface area contributed by atoms with E-state index in [-0.39, 0.29) is 0 Å². The second-order valence-corrected chi connectivity index (χ2v) is 2.79. The number of nitrogens with zero attached hydrogens (tertiary/aromatic N) is 4. The van der Waals surface area contributed by atoms with Gasteiger partial charge in [0.05, 0.1) is 12.6 Å². The van der Waals surface area contributed by atoms with Gasteiger partial charge in [-0.2, -0.15) is 10.4 Å². The van der Waals surface area contributed by atoms with Gasteiger partial charge in [-0.25, -0.2) is 4.98 Å². The summed E-state index contributed by atoms with van der Waals surface area (Å²) in [5.41, 5.74) is -0.576. The van der Waals surface area contributed by atoms with Crippen LogP contribution in [0.3, 0.4) is 0 Å². The van der Waals surface area contributed by atoms with Crippen LogP contribution in [0.15, 0.2) is 12.7 Å². The van der Waals surface area contributed by atoms with E-state index in [9.17, 15) is 0 Å². The predicted octanol–water partition coefficient (Wildman–Crippen LogP) is -0.220. The van der Waals surface area contributed by atoms with Gasteiger partial charge in [-0.3, -0.25) is 4.68 Å². The molecule has 0 spiro atoms. The Kier molecular flexibility index (Phi) is 2.41. The number of rotatable bonds is 3. The Hall–Kier alpha value is -1.41. The molecule has 0 amide bonds. The van der Waals surface area contributed by atoms with Crippen molar-refractivity contribution in [3.05, 3.63) is 12.7 Å². The van der Waals surface area contributed by atoms with E-state index in [2.05, 4.69) is 21.5 Å². The molecule has 0 aliphatic heterocycles. The summed E-state index contributed by atoms with van der Waals surface area (Å²) in [5.74, 6) is 0. The van der Waals surface area contributed by atoms with Crippen molar-refractivity contribution in [3.8, 4) is 6.07 Å². The Bertz CT molecular complexity index is 272. The lowest BCUT2D eigenvalue weighted by Gasteiger charge is -2.19. The van der Waals surface area contributed by atoms with Crippen LogP contribution in [-0.4, -0.2) is 27.4 Å². The maximum atomic E-state index is 8.81. The van der Waals surface area contributed by atoms with Crippen LogP contribution in [0.4, 0.5) is 0 Å². The fourth-order valence-corrected chi connectivity index (χ4v) is 0.809. The minimum atomic E-state index is -0.576. The molecule has 1 unspecified atom stereocenters. The number of likely N-dealkylation sites (N-methyl/N-ethyl adjacent to an activating group) is 1. The molecular formula is C7H11N5. The van der Waals surface area contributed by atoms with Gasteiger partial charge in [0.1, 0.15) is 18.2 Å². The summed E-state index contributed by atoms with van der Waals surface area (Å²) < 4.78 is 1.62. The zero-order chi connectivity index (χ0) is 9.03. The standard InChI is InChI=1S/C7H11N5/c1-7(3-8,9-2)4-12-6-10-5-11-12/h5-6,9H,4H2,1-2H3. The smallest absolute Gasteiger partial charge is 0.137 e. The maximum Gasteiger partial charge on any atom is 0.137 e. The SMILES string of the molecule is CNC(C)(C#N)Cn1cncn1. The minimum Gasteiger partial charge on any atom is -0.301 e. The van der Waals surface area contributed by atoms with E-state index >= 15 is 0 Å². The van der Waals surface area contributed by atoms with E-state index in [1.807, 2.05) is 6.92 Å². The van der Waals surface area contributed by atoms with E-state index in [4.69, 9.17) is 5.26 Å². The van der Waals surface area contributed by atoms with Gasteiger partial charge in [0.2, 0.25) is 0 Å². The average Bonchev–Trinajstić information content (AvgIpc) is 2.57. The first kappa shape index (κ1) is 8.68. The van der Waals surface area contributed by atoms with Crippen LogP contribution in [0.1, 0.15) is 6.92 Å². The summed E-state index contributed by atoms with van der Waals surface area (Å²) in [4.78, 5) is 3.79.